The first kappa shape index (κ1) is 16.8. The lowest BCUT2D eigenvalue weighted by molar-refractivity contribution is -0.150. The van der Waals surface area contributed by atoms with Crippen molar-refractivity contribution in [2.24, 2.45) is 0 Å². The molecule has 0 aliphatic rings. The maximum absolute atomic E-state index is 11.4. The largest absolute Gasteiger partial charge is 0.482 e. The van der Waals surface area contributed by atoms with Gasteiger partial charge in [-0.15, -0.1) is 0 Å². The van der Waals surface area contributed by atoms with Crippen LogP contribution in [0.15, 0.2) is 18.2 Å². The van der Waals surface area contributed by atoms with E-state index in [9.17, 15) is 14.4 Å². The molecular weight excluding hydrogens is 300 g/mol. The van der Waals surface area contributed by atoms with Gasteiger partial charge in [0.25, 0.3) is 5.91 Å². The third kappa shape index (κ3) is 6.13. The van der Waals surface area contributed by atoms with Crippen molar-refractivity contribution in [2.75, 3.05) is 20.3 Å². The molecule has 7 nitrogen and oxygen atoms in total. The minimum absolute atomic E-state index is 0.353. The van der Waals surface area contributed by atoms with Crippen LogP contribution in [0.3, 0.4) is 0 Å². The molecule has 0 fully saturated rings. The van der Waals surface area contributed by atoms with Gasteiger partial charge in [0, 0.05) is 12.1 Å². The number of rotatable bonds is 5. The Kier molecular flexibility index (Phi) is 6.48. The zero-order valence-corrected chi connectivity index (χ0v) is 12.3. The van der Waals surface area contributed by atoms with Gasteiger partial charge in [0.15, 0.2) is 13.2 Å². The number of carbonyl (C=O) groups excluding carboxylic acids is 3. The average Bonchev–Trinajstić information content (AvgIpc) is 2.46. The molecule has 21 heavy (non-hydrogen) atoms. The van der Waals surface area contributed by atoms with Crippen LogP contribution in [0.4, 0.5) is 4.79 Å². The summed E-state index contributed by atoms with van der Waals surface area (Å²) in [7, 11) is 1.36. The van der Waals surface area contributed by atoms with E-state index in [-0.39, 0.29) is 6.61 Å². The van der Waals surface area contributed by atoms with Gasteiger partial charge in [0.05, 0.1) is 0 Å². The van der Waals surface area contributed by atoms with E-state index in [0.29, 0.717) is 10.8 Å². The Morgan fingerprint density at radius 1 is 1.24 bits per heavy atom. The number of imide groups is 1. The summed E-state index contributed by atoms with van der Waals surface area (Å²) in [6, 6.07) is 4.26. The number of aryl methyl sites for hydroxylation is 1. The van der Waals surface area contributed by atoms with E-state index in [2.05, 4.69) is 10.1 Å². The number of nitrogens with one attached hydrogen (secondary N) is 2. The van der Waals surface area contributed by atoms with Gasteiger partial charge < -0.3 is 14.8 Å². The number of carbonyl (C=O) groups is 3. The fourth-order valence-electron chi connectivity index (χ4n) is 1.26. The number of ether oxygens (including phenoxy) is 2. The van der Waals surface area contributed by atoms with Crippen LogP contribution in [0, 0.1) is 6.92 Å². The van der Waals surface area contributed by atoms with Crippen LogP contribution >= 0.6 is 11.6 Å². The third-order valence-corrected chi connectivity index (χ3v) is 2.75. The van der Waals surface area contributed by atoms with Gasteiger partial charge >= 0.3 is 12.0 Å². The first-order chi connectivity index (χ1) is 9.92. The lowest BCUT2D eigenvalue weighted by Crippen LogP contribution is -2.40. The molecule has 2 N–H and O–H groups in total. The monoisotopic (exact) mass is 314 g/mol. The summed E-state index contributed by atoms with van der Waals surface area (Å²) in [4.78, 5) is 33.4. The van der Waals surface area contributed by atoms with Crippen LogP contribution < -0.4 is 15.4 Å². The topological polar surface area (TPSA) is 93.7 Å². The number of halogens is 1. The number of hydrogen-bond acceptors (Lipinski definition) is 5. The van der Waals surface area contributed by atoms with E-state index in [1.54, 1.807) is 25.1 Å². The van der Waals surface area contributed by atoms with Gasteiger partial charge in [-0.1, -0.05) is 11.6 Å². The van der Waals surface area contributed by atoms with E-state index in [1.807, 2.05) is 5.32 Å². The van der Waals surface area contributed by atoms with Crippen LogP contribution in [0.1, 0.15) is 5.56 Å². The summed E-state index contributed by atoms with van der Waals surface area (Å²) < 4.78 is 9.84. The molecule has 1 aromatic carbocycles. The minimum Gasteiger partial charge on any atom is -0.482 e. The summed E-state index contributed by atoms with van der Waals surface area (Å²) in [5.74, 6) is -0.997. The molecule has 0 saturated heterocycles. The van der Waals surface area contributed by atoms with Crippen molar-refractivity contribution >= 4 is 29.5 Å². The Morgan fingerprint density at radius 2 is 1.95 bits per heavy atom. The predicted molar refractivity (Wildman–Crippen MR) is 75.2 cm³/mol. The highest BCUT2D eigenvalue weighted by molar-refractivity contribution is 6.31. The molecule has 0 bridgehead atoms. The van der Waals surface area contributed by atoms with E-state index in [1.165, 1.54) is 7.05 Å². The zero-order valence-electron chi connectivity index (χ0n) is 11.6. The third-order valence-electron chi connectivity index (χ3n) is 2.33. The molecule has 114 valence electrons. The molecule has 3 amide bonds. The molecule has 0 unspecified atom stereocenters. The lowest BCUT2D eigenvalue weighted by atomic mass is 10.2. The molecule has 8 heteroatoms. The Bertz CT molecular complexity index is 547. The van der Waals surface area contributed by atoms with Crippen LogP contribution in [0.2, 0.25) is 5.02 Å². The van der Waals surface area contributed by atoms with Gasteiger partial charge in [-0.3, -0.25) is 10.1 Å². The normalized spacial score (nSPS) is 9.67. The summed E-state index contributed by atoms with van der Waals surface area (Å²) >= 11 is 5.86. The van der Waals surface area contributed by atoms with E-state index in [4.69, 9.17) is 16.3 Å². The van der Waals surface area contributed by atoms with Gasteiger partial charge in [0.1, 0.15) is 5.75 Å². The second kappa shape index (κ2) is 8.11. The van der Waals surface area contributed by atoms with Crippen molar-refractivity contribution in [1.82, 2.24) is 10.6 Å². The first-order valence-corrected chi connectivity index (χ1v) is 6.36. The van der Waals surface area contributed by atoms with Crippen molar-refractivity contribution in [2.45, 2.75) is 6.92 Å². The Morgan fingerprint density at radius 3 is 2.57 bits per heavy atom. The number of amides is 3. The Hall–Kier alpha value is -2.28. The number of urea groups is 1. The van der Waals surface area contributed by atoms with Gasteiger partial charge in [0.2, 0.25) is 0 Å². The van der Waals surface area contributed by atoms with Crippen molar-refractivity contribution in [1.29, 1.82) is 0 Å². The molecule has 0 heterocycles. The van der Waals surface area contributed by atoms with E-state index >= 15 is 0 Å². The second-order valence-corrected chi connectivity index (χ2v) is 4.39. The minimum atomic E-state index is -0.731. The maximum Gasteiger partial charge on any atom is 0.344 e. The maximum atomic E-state index is 11.4. The SMILES string of the molecule is CNC(=O)NC(=O)COC(=O)COc1ccc(Cl)c(C)c1. The number of benzene rings is 1. The fourth-order valence-corrected chi connectivity index (χ4v) is 1.38. The van der Waals surface area contributed by atoms with Crippen LogP contribution in [-0.2, 0) is 14.3 Å². The average molecular weight is 315 g/mol. The number of esters is 1. The highest BCUT2D eigenvalue weighted by atomic mass is 35.5. The summed E-state index contributed by atoms with van der Waals surface area (Å²) in [5.41, 5.74) is 0.812. The predicted octanol–water partition coefficient (Wildman–Crippen LogP) is 1.03. The Labute approximate surface area is 126 Å². The first-order valence-electron chi connectivity index (χ1n) is 5.98. The van der Waals surface area contributed by atoms with Gasteiger partial charge in [-0.2, -0.15) is 0 Å². The number of hydrogen-bond donors (Lipinski definition) is 2. The molecule has 0 atom stereocenters. The standard InChI is InChI=1S/C13H15ClN2O5/c1-8-5-9(3-4-10(8)14)20-7-12(18)21-6-11(17)16-13(19)15-2/h3-5H,6-7H2,1-2H3,(H2,15,16,17,19). The summed E-state index contributed by atoms with van der Waals surface area (Å²) in [6.45, 7) is 0.889. The highest BCUT2D eigenvalue weighted by Gasteiger charge is 2.10. The molecule has 0 radical (unpaired) electrons. The highest BCUT2D eigenvalue weighted by Crippen LogP contribution is 2.20. The van der Waals surface area contributed by atoms with Gasteiger partial charge in [-0.05, 0) is 30.7 Å². The van der Waals surface area contributed by atoms with E-state index < -0.39 is 24.5 Å². The van der Waals surface area contributed by atoms with Crippen LogP contribution in [-0.4, -0.2) is 38.2 Å². The van der Waals surface area contributed by atoms with E-state index in [0.717, 1.165) is 5.56 Å². The van der Waals surface area contributed by atoms with Crippen molar-refractivity contribution in [3.8, 4) is 5.75 Å². The molecule has 0 aliphatic carbocycles. The van der Waals surface area contributed by atoms with Crippen molar-refractivity contribution < 1.29 is 23.9 Å². The smallest absolute Gasteiger partial charge is 0.344 e. The molecule has 0 spiro atoms. The van der Waals surface area contributed by atoms with Crippen molar-refractivity contribution in [3.05, 3.63) is 28.8 Å². The van der Waals surface area contributed by atoms with Crippen molar-refractivity contribution in [3.63, 3.8) is 0 Å². The molecule has 1 aromatic rings. The molecular formula is C13H15ClN2O5. The molecule has 0 aromatic heterocycles. The fraction of sp³-hybridized carbons (Fsp3) is 0.308. The lowest BCUT2D eigenvalue weighted by Gasteiger charge is -2.08. The van der Waals surface area contributed by atoms with Crippen LogP contribution in [0.25, 0.3) is 0 Å². The molecule has 1 rings (SSSR count). The molecule has 0 saturated carbocycles. The quantitative estimate of drug-likeness (QED) is 0.792. The summed E-state index contributed by atoms with van der Waals surface area (Å²) in [6.07, 6.45) is 0. The Balaban J connectivity index is 2.32. The zero-order chi connectivity index (χ0) is 15.8. The summed E-state index contributed by atoms with van der Waals surface area (Å²) in [5, 5.41) is 4.74. The second-order valence-electron chi connectivity index (χ2n) is 3.99. The van der Waals surface area contributed by atoms with Crippen LogP contribution in [0.5, 0.6) is 5.75 Å². The molecule has 0 aliphatic heterocycles. The van der Waals surface area contributed by atoms with Gasteiger partial charge in [-0.25, -0.2) is 9.59 Å².